The van der Waals surface area contributed by atoms with Gasteiger partial charge in [0.05, 0.1) is 0 Å². The standard InChI is InChI=1S/C16H17NO/c1-17(11-14-5-3-2-4-6-14)12-15-7-9-16(13-18)10-8-15/h2-10,13H,11-12H2,1H3. The van der Waals surface area contributed by atoms with Gasteiger partial charge in [-0.3, -0.25) is 9.69 Å². The first-order chi connectivity index (χ1) is 8.78. The number of nitrogens with zero attached hydrogens (tertiary/aromatic N) is 1. The molecule has 0 aliphatic heterocycles. The number of rotatable bonds is 5. The Labute approximate surface area is 108 Å². The molecule has 0 amide bonds. The average molecular weight is 239 g/mol. The smallest absolute Gasteiger partial charge is 0.150 e. The molecule has 0 aliphatic rings. The zero-order valence-corrected chi connectivity index (χ0v) is 10.5. The summed E-state index contributed by atoms with van der Waals surface area (Å²) in [6, 6.07) is 18.1. The van der Waals surface area contributed by atoms with Gasteiger partial charge in [0.2, 0.25) is 0 Å². The van der Waals surface area contributed by atoms with Gasteiger partial charge < -0.3 is 0 Å². The Bertz CT molecular complexity index is 490. The first-order valence-electron chi connectivity index (χ1n) is 6.04. The van der Waals surface area contributed by atoms with E-state index in [9.17, 15) is 4.79 Å². The Hall–Kier alpha value is -1.93. The molecule has 0 fully saturated rings. The lowest BCUT2D eigenvalue weighted by Gasteiger charge is -2.16. The van der Waals surface area contributed by atoms with E-state index in [-0.39, 0.29) is 0 Å². The van der Waals surface area contributed by atoms with Gasteiger partial charge in [-0.15, -0.1) is 0 Å². The summed E-state index contributed by atoms with van der Waals surface area (Å²) < 4.78 is 0. The molecule has 0 bridgehead atoms. The van der Waals surface area contributed by atoms with Crippen LogP contribution in [0.1, 0.15) is 21.5 Å². The van der Waals surface area contributed by atoms with E-state index >= 15 is 0 Å². The highest BCUT2D eigenvalue weighted by Crippen LogP contribution is 2.08. The molecule has 0 aliphatic carbocycles. The molecule has 0 spiro atoms. The normalized spacial score (nSPS) is 10.6. The predicted octanol–water partition coefficient (Wildman–Crippen LogP) is 3.13. The third-order valence-corrected chi connectivity index (χ3v) is 2.86. The predicted molar refractivity (Wildman–Crippen MR) is 73.4 cm³/mol. The Kier molecular flexibility index (Phi) is 4.26. The van der Waals surface area contributed by atoms with E-state index in [0.717, 1.165) is 24.9 Å². The lowest BCUT2D eigenvalue weighted by Crippen LogP contribution is -2.17. The molecule has 0 N–H and O–H groups in total. The van der Waals surface area contributed by atoms with E-state index in [1.54, 1.807) is 0 Å². The summed E-state index contributed by atoms with van der Waals surface area (Å²) in [4.78, 5) is 12.8. The summed E-state index contributed by atoms with van der Waals surface area (Å²) in [5.41, 5.74) is 3.26. The first kappa shape index (κ1) is 12.5. The first-order valence-corrected chi connectivity index (χ1v) is 6.04. The van der Waals surface area contributed by atoms with E-state index in [1.807, 2.05) is 30.3 Å². The molecule has 2 nitrogen and oxygen atoms in total. The summed E-state index contributed by atoms with van der Waals surface area (Å²) >= 11 is 0. The molecular formula is C16H17NO. The zero-order chi connectivity index (χ0) is 12.8. The summed E-state index contributed by atoms with van der Waals surface area (Å²) in [6.45, 7) is 1.81. The molecule has 0 atom stereocenters. The Balaban J connectivity index is 1.94. The van der Waals surface area contributed by atoms with E-state index in [1.165, 1.54) is 11.1 Å². The molecule has 0 heterocycles. The number of hydrogen-bond donors (Lipinski definition) is 0. The van der Waals surface area contributed by atoms with Crippen molar-refractivity contribution in [3.8, 4) is 0 Å². The monoisotopic (exact) mass is 239 g/mol. The van der Waals surface area contributed by atoms with Crippen LogP contribution in [0.5, 0.6) is 0 Å². The second-order valence-corrected chi connectivity index (χ2v) is 4.52. The van der Waals surface area contributed by atoms with Gasteiger partial charge in [-0.25, -0.2) is 0 Å². The van der Waals surface area contributed by atoms with Crippen LogP contribution in [-0.2, 0) is 13.1 Å². The van der Waals surface area contributed by atoms with Crippen molar-refractivity contribution in [3.63, 3.8) is 0 Å². The Morgan fingerprint density at radius 2 is 1.44 bits per heavy atom. The van der Waals surface area contributed by atoms with Gasteiger partial charge in [0.1, 0.15) is 6.29 Å². The third kappa shape index (κ3) is 3.54. The number of carbonyl (C=O) groups is 1. The second kappa shape index (κ2) is 6.12. The fourth-order valence-corrected chi connectivity index (χ4v) is 1.96. The number of aldehydes is 1. The molecule has 0 aromatic heterocycles. The van der Waals surface area contributed by atoms with E-state index in [0.29, 0.717) is 0 Å². The van der Waals surface area contributed by atoms with Gasteiger partial charge in [-0.2, -0.15) is 0 Å². The van der Waals surface area contributed by atoms with Crippen LogP contribution in [0.15, 0.2) is 54.6 Å². The van der Waals surface area contributed by atoms with Gasteiger partial charge in [0, 0.05) is 18.7 Å². The SMILES string of the molecule is CN(Cc1ccccc1)Cc1ccc(C=O)cc1. The minimum atomic E-state index is 0.726. The van der Waals surface area contributed by atoms with Gasteiger partial charge in [-0.05, 0) is 18.2 Å². The van der Waals surface area contributed by atoms with Crippen LogP contribution >= 0.6 is 0 Å². The molecule has 2 heteroatoms. The minimum Gasteiger partial charge on any atom is -0.298 e. The lowest BCUT2D eigenvalue weighted by molar-refractivity contribution is 0.112. The van der Waals surface area contributed by atoms with Crippen LogP contribution in [0.4, 0.5) is 0 Å². The van der Waals surface area contributed by atoms with Crippen LogP contribution < -0.4 is 0 Å². The minimum absolute atomic E-state index is 0.726. The summed E-state index contributed by atoms with van der Waals surface area (Å²) in [7, 11) is 2.10. The quantitative estimate of drug-likeness (QED) is 0.747. The molecule has 2 rings (SSSR count). The summed E-state index contributed by atoms with van der Waals surface area (Å²) in [5, 5.41) is 0. The van der Waals surface area contributed by atoms with Crippen molar-refractivity contribution in [1.29, 1.82) is 0 Å². The largest absolute Gasteiger partial charge is 0.298 e. The molecule has 0 unspecified atom stereocenters. The van der Waals surface area contributed by atoms with Crippen LogP contribution in [0.25, 0.3) is 0 Å². The van der Waals surface area contributed by atoms with Crippen molar-refractivity contribution in [2.75, 3.05) is 7.05 Å². The Morgan fingerprint density at radius 1 is 0.889 bits per heavy atom. The zero-order valence-electron chi connectivity index (χ0n) is 10.5. The maximum Gasteiger partial charge on any atom is 0.150 e. The fraction of sp³-hybridized carbons (Fsp3) is 0.188. The van der Waals surface area contributed by atoms with Gasteiger partial charge in [0.25, 0.3) is 0 Å². The molecular weight excluding hydrogens is 222 g/mol. The van der Waals surface area contributed by atoms with Gasteiger partial charge >= 0.3 is 0 Å². The highest BCUT2D eigenvalue weighted by Gasteiger charge is 2.01. The van der Waals surface area contributed by atoms with Gasteiger partial charge in [-0.1, -0.05) is 54.6 Å². The van der Waals surface area contributed by atoms with Gasteiger partial charge in [0.15, 0.2) is 0 Å². The highest BCUT2D eigenvalue weighted by molar-refractivity contribution is 5.74. The molecule has 18 heavy (non-hydrogen) atoms. The van der Waals surface area contributed by atoms with E-state index in [4.69, 9.17) is 0 Å². The molecule has 92 valence electrons. The van der Waals surface area contributed by atoms with E-state index in [2.05, 4.69) is 36.2 Å². The van der Waals surface area contributed by atoms with Crippen molar-refractivity contribution in [2.45, 2.75) is 13.1 Å². The lowest BCUT2D eigenvalue weighted by atomic mass is 10.1. The number of carbonyl (C=O) groups excluding carboxylic acids is 1. The fourth-order valence-electron chi connectivity index (χ4n) is 1.96. The number of benzene rings is 2. The van der Waals surface area contributed by atoms with Crippen molar-refractivity contribution in [2.24, 2.45) is 0 Å². The average Bonchev–Trinajstić information content (AvgIpc) is 2.40. The maximum absolute atomic E-state index is 10.6. The van der Waals surface area contributed by atoms with E-state index < -0.39 is 0 Å². The van der Waals surface area contributed by atoms with Crippen LogP contribution in [-0.4, -0.2) is 18.2 Å². The Morgan fingerprint density at radius 3 is 2.00 bits per heavy atom. The maximum atomic E-state index is 10.6. The van der Waals surface area contributed by atoms with Crippen molar-refractivity contribution in [1.82, 2.24) is 4.90 Å². The number of hydrogen-bond acceptors (Lipinski definition) is 2. The molecule has 2 aromatic carbocycles. The molecule has 0 saturated heterocycles. The summed E-state index contributed by atoms with van der Waals surface area (Å²) in [6.07, 6.45) is 0.872. The second-order valence-electron chi connectivity index (χ2n) is 4.52. The summed E-state index contributed by atoms with van der Waals surface area (Å²) in [5.74, 6) is 0. The van der Waals surface area contributed by atoms with Crippen molar-refractivity contribution in [3.05, 3.63) is 71.3 Å². The van der Waals surface area contributed by atoms with Crippen LogP contribution in [0.2, 0.25) is 0 Å². The molecule has 2 aromatic rings. The topological polar surface area (TPSA) is 20.3 Å². The molecule has 0 saturated carbocycles. The van der Waals surface area contributed by atoms with Crippen molar-refractivity contribution < 1.29 is 4.79 Å². The van der Waals surface area contributed by atoms with Crippen LogP contribution in [0, 0.1) is 0 Å². The van der Waals surface area contributed by atoms with Crippen molar-refractivity contribution >= 4 is 6.29 Å². The molecule has 0 radical (unpaired) electrons. The third-order valence-electron chi connectivity index (χ3n) is 2.86. The highest BCUT2D eigenvalue weighted by atomic mass is 16.1. The van der Waals surface area contributed by atoms with Crippen LogP contribution in [0.3, 0.4) is 0 Å².